The second kappa shape index (κ2) is 3.75. The van der Waals surface area contributed by atoms with E-state index < -0.39 is 0 Å². The zero-order chi connectivity index (χ0) is 14.5. The number of hydrogen-bond donors (Lipinski definition) is 0. The van der Waals surface area contributed by atoms with E-state index in [2.05, 4.69) is 13.8 Å². The normalized spacial score (nSPS) is 61.5. The molecule has 1 aliphatic heterocycles. The molecule has 7 atom stereocenters. The lowest BCUT2D eigenvalue weighted by molar-refractivity contribution is -0.129. The largest absolute Gasteiger partial charge is 0.357 e. The second-order valence-corrected chi connectivity index (χ2v) is 9.27. The van der Waals surface area contributed by atoms with Crippen molar-refractivity contribution in [1.82, 2.24) is 0 Å². The summed E-state index contributed by atoms with van der Waals surface area (Å²) in [5.74, 6) is 3.09. The van der Waals surface area contributed by atoms with Crippen molar-refractivity contribution in [3.05, 3.63) is 0 Å². The summed E-state index contributed by atoms with van der Waals surface area (Å²) >= 11 is 0. The number of ketones is 1. The lowest BCUT2D eigenvalue weighted by Gasteiger charge is -2.58. The maximum Gasteiger partial charge on any atom is 0.164 e. The topological polar surface area (TPSA) is 29.6 Å². The van der Waals surface area contributed by atoms with Gasteiger partial charge in [-0.25, -0.2) is 0 Å². The van der Waals surface area contributed by atoms with E-state index >= 15 is 0 Å². The van der Waals surface area contributed by atoms with E-state index in [0.717, 1.165) is 37.0 Å². The number of epoxide rings is 1. The van der Waals surface area contributed by atoms with Gasteiger partial charge in [-0.2, -0.15) is 0 Å². The molecule has 2 nitrogen and oxygen atoms in total. The van der Waals surface area contributed by atoms with Crippen LogP contribution in [0.2, 0.25) is 0 Å². The summed E-state index contributed by atoms with van der Waals surface area (Å²) in [7, 11) is 0. The van der Waals surface area contributed by atoms with Gasteiger partial charge in [-0.1, -0.05) is 20.3 Å². The molecular weight excluding hydrogens is 260 g/mol. The van der Waals surface area contributed by atoms with Crippen molar-refractivity contribution in [2.45, 2.75) is 83.3 Å². The maximum absolute atomic E-state index is 12.1. The first-order valence-electron chi connectivity index (χ1n) is 9.21. The number of Topliss-reactive ketones (excluding diaryl/α,β-unsaturated/α-hetero) is 1. The molecule has 116 valence electrons. The minimum Gasteiger partial charge on any atom is -0.357 e. The van der Waals surface area contributed by atoms with E-state index in [1.165, 1.54) is 38.5 Å². The summed E-state index contributed by atoms with van der Waals surface area (Å²) in [6.45, 7) is 5.04. The highest BCUT2D eigenvalue weighted by molar-refractivity contribution is 5.88. The summed E-state index contributed by atoms with van der Waals surface area (Å²) in [5, 5.41) is 0. The Morgan fingerprint density at radius 1 is 1.00 bits per heavy atom. The summed E-state index contributed by atoms with van der Waals surface area (Å²) in [6, 6.07) is 0. The van der Waals surface area contributed by atoms with Crippen LogP contribution in [-0.2, 0) is 9.53 Å². The van der Waals surface area contributed by atoms with Gasteiger partial charge in [0.1, 0.15) is 11.7 Å². The van der Waals surface area contributed by atoms with Crippen LogP contribution in [0.5, 0.6) is 0 Å². The van der Waals surface area contributed by atoms with Crippen molar-refractivity contribution < 1.29 is 9.53 Å². The highest BCUT2D eigenvalue weighted by atomic mass is 16.6. The van der Waals surface area contributed by atoms with Gasteiger partial charge in [0.05, 0.1) is 0 Å². The van der Waals surface area contributed by atoms with Gasteiger partial charge < -0.3 is 4.74 Å². The first kappa shape index (κ1) is 13.1. The Labute approximate surface area is 128 Å². The molecule has 21 heavy (non-hydrogen) atoms. The van der Waals surface area contributed by atoms with Crippen LogP contribution in [0.25, 0.3) is 0 Å². The number of rotatable bonds is 0. The van der Waals surface area contributed by atoms with Gasteiger partial charge in [-0.15, -0.1) is 0 Å². The van der Waals surface area contributed by atoms with Gasteiger partial charge in [-0.3, -0.25) is 4.79 Å². The Morgan fingerprint density at radius 3 is 2.71 bits per heavy atom. The molecular formula is C19H28O2. The Bertz CT molecular complexity index is 514. The second-order valence-electron chi connectivity index (χ2n) is 9.27. The number of ether oxygens (including phenoxy) is 1. The molecule has 0 amide bonds. The Hall–Kier alpha value is -0.370. The highest BCUT2D eigenvalue weighted by Crippen LogP contribution is 2.72. The van der Waals surface area contributed by atoms with E-state index in [1.807, 2.05) is 0 Å². The fourth-order valence-corrected chi connectivity index (χ4v) is 7.49. The molecule has 0 aromatic heterocycles. The molecule has 1 saturated heterocycles. The van der Waals surface area contributed by atoms with Crippen LogP contribution in [0.1, 0.15) is 71.6 Å². The van der Waals surface area contributed by atoms with Crippen molar-refractivity contribution >= 4 is 5.78 Å². The van der Waals surface area contributed by atoms with Crippen molar-refractivity contribution in [1.29, 1.82) is 0 Å². The van der Waals surface area contributed by atoms with Gasteiger partial charge in [0, 0.05) is 11.8 Å². The van der Waals surface area contributed by atoms with E-state index in [4.69, 9.17) is 4.74 Å². The van der Waals surface area contributed by atoms with Crippen LogP contribution in [0.3, 0.4) is 0 Å². The SMILES string of the molecule is C[C@]12CCC[C@@H]1[C@@H]1CC[C@@]34O[C@@H]3C(=O)CC[C@]4(C)[C@@H]1CC2. The van der Waals surface area contributed by atoms with E-state index in [0.29, 0.717) is 16.6 Å². The van der Waals surface area contributed by atoms with E-state index in [1.54, 1.807) is 0 Å². The minimum atomic E-state index is -0.0319. The van der Waals surface area contributed by atoms with E-state index in [9.17, 15) is 4.79 Å². The van der Waals surface area contributed by atoms with Crippen LogP contribution in [0.4, 0.5) is 0 Å². The molecule has 0 radical (unpaired) electrons. The van der Waals surface area contributed by atoms with Crippen LogP contribution in [-0.4, -0.2) is 17.5 Å². The molecule has 2 heteroatoms. The van der Waals surface area contributed by atoms with Crippen LogP contribution in [0.15, 0.2) is 0 Å². The standard InChI is InChI=1S/C19H28O2/c1-17-8-3-4-13(17)12-5-11-19-16(21-19)15(20)7-10-18(19,2)14(12)6-9-17/h12-14,16H,3-11H2,1-2H3/t12-,13+,14+,16+,17+,18+,19+/m0/s1. The third-order valence-corrected chi connectivity index (χ3v) is 8.73. The smallest absolute Gasteiger partial charge is 0.164 e. The van der Waals surface area contributed by atoms with Gasteiger partial charge in [0.15, 0.2) is 5.78 Å². The lowest BCUT2D eigenvalue weighted by atomic mass is 9.45. The predicted molar refractivity (Wildman–Crippen MR) is 80.8 cm³/mol. The fraction of sp³-hybridized carbons (Fsp3) is 0.947. The Kier molecular flexibility index (Phi) is 2.34. The number of fused-ring (bicyclic) bond motifs is 4. The van der Waals surface area contributed by atoms with Crippen LogP contribution >= 0.6 is 0 Å². The monoisotopic (exact) mass is 288 g/mol. The molecule has 4 saturated carbocycles. The fourth-order valence-electron chi connectivity index (χ4n) is 7.49. The zero-order valence-corrected chi connectivity index (χ0v) is 13.5. The number of hydrogen-bond acceptors (Lipinski definition) is 2. The Balaban J connectivity index is 1.52. The minimum absolute atomic E-state index is 0.0194. The molecule has 0 N–H and O–H groups in total. The van der Waals surface area contributed by atoms with Gasteiger partial charge >= 0.3 is 0 Å². The first-order chi connectivity index (χ1) is 10.0. The molecule has 0 aromatic rings. The zero-order valence-electron chi connectivity index (χ0n) is 13.5. The summed E-state index contributed by atoms with van der Waals surface area (Å²) < 4.78 is 6.12. The maximum atomic E-state index is 12.1. The molecule has 5 fully saturated rings. The molecule has 0 unspecified atom stereocenters. The average molecular weight is 288 g/mol. The van der Waals surface area contributed by atoms with Gasteiger partial charge in [0.2, 0.25) is 0 Å². The van der Waals surface area contributed by atoms with Crippen molar-refractivity contribution in [3.8, 4) is 0 Å². The molecule has 1 spiro atoms. The van der Waals surface area contributed by atoms with E-state index in [-0.39, 0.29) is 11.7 Å². The van der Waals surface area contributed by atoms with Crippen LogP contribution < -0.4 is 0 Å². The third kappa shape index (κ3) is 1.37. The van der Waals surface area contributed by atoms with Gasteiger partial charge in [-0.05, 0) is 68.1 Å². The van der Waals surface area contributed by atoms with Crippen molar-refractivity contribution in [2.75, 3.05) is 0 Å². The van der Waals surface area contributed by atoms with Crippen LogP contribution in [0, 0.1) is 28.6 Å². The molecule has 0 aromatic carbocycles. The summed E-state index contributed by atoms with van der Waals surface area (Å²) in [4.78, 5) is 12.1. The average Bonchev–Trinajstić information content (AvgIpc) is 3.08. The third-order valence-electron chi connectivity index (χ3n) is 8.73. The number of carbonyl (C=O) groups excluding carboxylic acids is 1. The molecule has 1 heterocycles. The summed E-state index contributed by atoms with van der Waals surface area (Å²) in [5.41, 5.74) is 0.893. The molecule has 5 rings (SSSR count). The Morgan fingerprint density at radius 2 is 1.86 bits per heavy atom. The quantitative estimate of drug-likeness (QED) is 0.628. The molecule has 0 bridgehead atoms. The van der Waals surface area contributed by atoms with Crippen molar-refractivity contribution in [3.63, 3.8) is 0 Å². The first-order valence-corrected chi connectivity index (χ1v) is 9.21. The predicted octanol–water partition coefficient (Wildman–Crippen LogP) is 4.12. The molecule has 5 aliphatic rings. The summed E-state index contributed by atoms with van der Waals surface area (Å²) in [6.07, 6.45) is 11.5. The van der Waals surface area contributed by atoms with Gasteiger partial charge in [0.25, 0.3) is 0 Å². The number of carbonyl (C=O) groups is 1. The molecule has 4 aliphatic carbocycles. The highest BCUT2D eigenvalue weighted by Gasteiger charge is 2.76. The van der Waals surface area contributed by atoms with Crippen molar-refractivity contribution in [2.24, 2.45) is 28.6 Å². The lowest BCUT2D eigenvalue weighted by Crippen LogP contribution is -2.57.